The maximum Gasteiger partial charge on any atom is 0.225 e. The van der Waals surface area contributed by atoms with Crippen molar-refractivity contribution < 1.29 is 5.11 Å². The number of aliphatic hydroxyl groups excluding tert-OH is 1. The summed E-state index contributed by atoms with van der Waals surface area (Å²) in [5.41, 5.74) is 1.18. The Morgan fingerprint density at radius 1 is 1.44 bits per heavy atom. The molecule has 3 rings (SSSR count). The van der Waals surface area contributed by atoms with Crippen LogP contribution in [-0.4, -0.2) is 31.2 Å². The molecule has 16 heavy (non-hydrogen) atoms. The summed E-state index contributed by atoms with van der Waals surface area (Å²) in [5, 5.41) is 9.41. The van der Waals surface area contributed by atoms with Gasteiger partial charge < -0.3 is 9.67 Å². The van der Waals surface area contributed by atoms with Crippen molar-refractivity contribution in [3.05, 3.63) is 16.8 Å². The van der Waals surface area contributed by atoms with Crippen molar-refractivity contribution in [2.24, 2.45) is 5.92 Å². The monoisotopic (exact) mass is 258 g/mol. The average Bonchev–Trinajstić information content (AvgIpc) is 2.91. The van der Waals surface area contributed by atoms with Crippen LogP contribution in [0.2, 0.25) is 10.4 Å². The molecule has 1 N–H and O–H groups in total. The third-order valence-electron chi connectivity index (χ3n) is 2.83. The summed E-state index contributed by atoms with van der Waals surface area (Å²) < 4.78 is 1.90. The molecule has 0 bridgehead atoms. The maximum atomic E-state index is 9.04. The Kier molecular flexibility index (Phi) is 2.27. The van der Waals surface area contributed by atoms with Crippen molar-refractivity contribution in [2.45, 2.75) is 12.5 Å². The van der Waals surface area contributed by atoms with E-state index in [1.54, 1.807) is 6.33 Å². The van der Waals surface area contributed by atoms with E-state index in [4.69, 9.17) is 28.3 Å². The van der Waals surface area contributed by atoms with Gasteiger partial charge in [-0.15, -0.1) is 0 Å². The Bertz CT molecular complexity index is 556. The third-order valence-corrected chi connectivity index (χ3v) is 3.26. The van der Waals surface area contributed by atoms with Gasteiger partial charge in [-0.1, -0.05) is 11.6 Å². The zero-order chi connectivity index (χ0) is 11.3. The standard InChI is InChI=1S/C9H8Cl2N4O/c10-7-6-8(14-9(11)13-7)15(3-12-6)5-1-4(5)2-16/h3-5,16H,1-2H2. The molecule has 0 amide bonds. The second kappa shape index (κ2) is 3.55. The van der Waals surface area contributed by atoms with Gasteiger partial charge in [0.05, 0.1) is 6.33 Å². The van der Waals surface area contributed by atoms with Gasteiger partial charge in [0.2, 0.25) is 5.28 Å². The highest BCUT2D eigenvalue weighted by molar-refractivity contribution is 6.35. The summed E-state index contributed by atoms with van der Waals surface area (Å²) in [5.74, 6) is 0.282. The minimum Gasteiger partial charge on any atom is -0.396 e. The topological polar surface area (TPSA) is 63.8 Å². The first-order valence-corrected chi connectivity index (χ1v) is 5.62. The van der Waals surface area contributed by atoms with Crippen molar-refractivity contribution in [1.82, 2.24) is 19.5 Å². The van der Waals surface area contributed by atoms with Crippen LogP contribution in [-0.2, 0) is 0 Å². The van der Waals surface area contributed by atoms with Gasteiger partial charge in [0.25, 0.3) is 0 Å². The molecule has 0 spiro atoms. The van der Waals surface area contributed by atoms with Crippen LogP contribution in [0.1, 0.15) is 12.5 Å². The normalized spacial score (nSPS) is 23.9. The number of imidazole rings is 1. The fourth-order valence-electron chi connectivity index (χ4n) is 1.87. The number of nitrogens with zero attached hydrogens (tertiary/aromatic N) is 4. The fourth-order valence-corrected chi connectivity index (χ4v) is 2.29. The van der Waals surface area contributed by atoms with Crippen LogP contribution in [0.25, 0.3) is 11.2 Å². The van der Waals surface area contributed by atoms with Gasteiger partial charge in [0, 0.05) is 18.6 Å². The lowest BCUT2D eigenvalue weighted by Crippen LogP contribution is -1.99. The molecule has 0 radical (unpaired) electrons. The maximum absolute atomic E-state index is 9.04. The van der Waals surface area contributed by atoms with E-state index in [-0.39, 0.29) is 29.0 Å². The van der Waals surface area contributed by atoms with Crippen LogP contribution < -0.4 is 0 Å². The van der Waals surface area contributed by atoms with Gasteiger partial charge in [-0.3, -0.25) is 0 Å². The molecule has 2 aromatic heterocycles. The van der Waals surface area contributed by atoms with Crippen molar-refractivity contribution in [3.63, 3.8) is 0 Å². The zero-order valence-corrected chi connectivity index (χ0v) is 9.65. The number of aliphatic hydroxyl groups is 1. The average molecular weight is 259 g/mol. The highest BCUT2D eigenvalue weighted by Crippen LogP contribution is 2.44. The predicted molar refractivity (Wildman–Crippen MR) is 59.6 cm³/mol. The van der Waals surface area contributed by atoms with Gasteiger partial charge in [-0.25, -0.2) is 9.97 Å². The molecule has 1 aliphatic rings. The molecule has 0 aromatic carbocycles. The Labute approximate surface area is 101 Å². The first kappa shape index (κ1) is 10.3. The molecule has 2 atom stereocenters. The number of aromatic nitrogens is 4. The predicted octanol–water partition coefficient (Wildman–Crippen LogP) is 1.69. The van der Waals surface area contributed by atoms with Gasteiger partial charge >= 0.3 is 0 Å². The van der Waals surface area contributed by atoms with E-state index in [0.717, 1.165) is 6.42 Å². The molecule has 5 nitrogen and oxygen atoms in total. The minimum absolute atomic E-state index is 0.112. The van der Waals surface area contributed by atoms with E-state index in [2.05, 4.69) is 15.0 Å². The summed E-state index contributed by atoms with van der Waals surface area (Å²) in [4.78, 5) is 12.1. The largest absolute Gasteiger partial charge is 0.396 e. The summed E-state index contributed by atoms with van der Waals surface area (Å²) in [6.45, 7) is 0.177. The van der Waals surface area contributed by atoms with Gasteiger partial charge in [-0.2, -0.15) is 4.98 Å². The van der Waals surface area contributed by atoms with Crippen molar-refractivity contribution in [3.8, 4) is 0 Å². The third kappa shape index (κ3) is 1.47. The lowest BCUT2D eigenvalue weighted by atomic mass is 10.4. The molecule has 1 aliphatic carbocycles. The van der Waals surface area contributed by atoms with Gasteiger partial charge in [-0.05, 0) is 18.0 Å². The fraction of sp³-hybridized carbons (Fsp3) is 0.444. The van der Waals surface area contributed by atoms with Gasteiger partial charge in [0.1, 0.15) is 5.52 Å². The Balaban J connectivity index is 2.13. The smallest absolute Gasteiger partial charge is 0.225 e. The number of halogens is 2. The summed E-state index contributed by atoms with van der Waals surface area (Å²) in [6.07, 6.45) is 2.60. The summed E-state index contributed by atoms with van der Waals surface area (Å²) >= 11 is 11.7. The van der Waals surface area contributed by atoms with Crippen LogP contribution in [0.5, 0.6) is 0 Å². The molecular weight excluding hydrogens is 251 g/mol. The quantitative estimate of drug-likeness (QED) is 0.658. The lowest BCUT2D eigenvalue weighted by Gasteiger charge is -2.01. The number of hydrogen-bond acceptors (Lipinski definition) is 4. The van der Waals surface area contributed by atoms with Crippen LogP contribution in [0, 0.1) is 5.92 Å². The molecule has 0 aliphatic heterocycles. The highest BCUT2D eigenvalue weighted by atomic mass is 35.5. The van der Waals surface area contributed by atoms with E-state index >= 15 is 0 Å². The van der Waals surface area contributed by atoms with E-state index in [9.17, 15) is 0 Å². The van der Waals surface area contributed by atoms with Crippen molar-refractivity contribution in [1.29, 1.82) is 0 Å². The Morgan fingerprint density at radius 2 is 2.25 bits per heavy atom. The summed E-state index contributed by atoms with van der Waals surface area (Å²) in [7, 11) is 0. The number of fused-ring (bicyclic) bond motifs is 1. The second-order valence-corrected chi connectivity index (χ2v) is 4.55. The molecule has 0 saturated heterocycles. The molecular formula is C9H8Cl2N4O. The van der Waals surface area contributed by atoms with Crippen LogP contribution in [0.3, 0.4) is 0 Å². The lowest BCUT2D eigenvalue weighted by molar-refractivity contribution is 0.269. The van der Waals surface area contributed by atoms with Crippen molar-refractivity contribution in [2.75, 3.05) is 6.61 Å². The van der Waals surface area contributed by atoms with Crippen LogP contribution in [0.15, 0.2) is 6.33 Å². The zero-order valence-electron chi connectivity index (χ0n) is 8.14. The van der Waals surface area contributed by atoms with Crippen LogP contribution >= 0.6 is 23.2 Å². The van der Waals surface area contributed by atoms with E-state index in [1.165, 1.54) is 0 Å². The molecule has 2 heterocycles. The van der Waals surface area contributed by atoms with E-state index < -0.39 is 0 Å². The van der Waals surface area contributed by atoms with Crippen molar-refractivity contribution >= 4 is 34.4 Å². The molecule has 2 aromatic rings. The molecule has 2 unspecified atom stereocenters. The van der Waals surface area contributed by atoms with E-state index in [1.807, 2.05) is 4.57 Å². The molecule has 84 valence electrons. The van der Waals surface area contributed by atoms with Crippen LogP contribution in [0.4, 0.5) is 0 Å². The molecule has 1 fully saturated rings. The SMILES string of the molecule is OCC1CC1n1cnc2c(Cl)nc(Cl)nc21. The Morgan fingerprint density at radius 3 is 2.94 bits per heavy atom. The molecule has 7 heteroatoms. The second-order valence-electron chi connectivity index (χ2n) is 3.85. The number of hydrogen-bond donors (Lipinski definition) is 1. The minimum atomic E-state index is 0.112. The first-order chi connectivity index (χ1) is 7.70. The summed E-state index contributed by atoms with van der Waals surface area (Å²) in [6, 6.07) is 0.247. The first-order valence-electron chi connectivity index (χ1n) is 4.87. The highest BCUT2D eigenvalue weighted by Gasteiger charge is 2.39. The van der Waals surface area contributed by atoms with E-state index in [0.29, 0.717) is 11.2 Å². The Hall–Kier alpha value is -0.910. The number of rotatable bonds is 2. The molecule has 1 saturated carbocycles. The van der Waals surface area contributed by atoms with Gasteiger partial charge in [0.15, 0.2) is 10.8 Å².